The third kappa shape index (κ3) is 4.31. The Balaban J connectivity index is 0.00000192. The standard InChI is InChI=1S/C17H24N4O.ClH/c1-13-5-3-4-6-14(13)9-15-19-16(22-20-15)10-21-8-7-17(2,11-18)12-21;/h3-6H,7-12,18H2,1-2H3;1H. The van der Waals surface area contributed by atoms with Crippen LogP contribution in [-0.4, -0.2) is 34.7 Å². The number of hydrogen-bond acceptors (Lipinski definition) is 5. The first kappa shape index (κ1) is 17.9. The fraction of sp³-hybridized carbons (Fsp3) is 0.529. The van der Waals surface area contributed by atoms with Crippen LogP contribution in [-0.2, 0) is 13.0 Å². The first-order chi connectivity index (χ1) is 10.6. The molecule has 1 aliphatic heterocycles. The van der Waals surface area contributed by atoms with Gasteiger partial charge in [-0.3, -0.25) is 4.90 Å². The molecule has 2 N–H and O–H groups in total. The maximum Gasteiger partial charge on any atom is 0.240 e. The average molecular weight is 337 g/mol. The molecule has 126 valence electrons. The summed E-state index contributed by atoms with van der Waals surface area (Å²) in [5.41, 5.74) is 8.57. The number of aryl methyl sites for hydroxylation is 1. The topological polar surface area (TPSA) is 68.2 Å². The van der Waals surface area contributed by atoms with E-state index in [-0.39, 0.29) is 17.8 Å². The van der Waals surface area contributed by atoms with Crippen LogP contribution in [0.1, 0.15) is 36.2 Å². The Labute approximate surface area is 143 Å². The number of aromatic nitrogens is 2. The molecule has 1 saturated heterocycles. The van der Waals surface area contributed by atoms with Crippen molar-refractivity contribution in [1.82, 2.24) is 15.0 Å². The predicted octanol–water partition coefficient (Wildman–Crippen LogP) is 2.56. The molecule has 2 heterocycles. The molecular formula is C17H25ClN4O. The molecule has 0 saturated carbocycles. The van der Waals surface area contributed by atoms with Crippen molar-refractivity contribution in [2.45, 2.75) is 33.2 Å². The fourth-order valence-corrected chi connectivity index (χ4v) is 3.02. The highest BCUT2D eigenvalue weighted by Gasteiger charge is 2.33. The van der Waals surface area contributed by atoms with Gasteiger partial charge in [-0.1, -0.05) is 36.3 Å². The summed E-state index contributed by atoms with van der Waals surface area (Å²) in [7, 11) is 0. The van der Waals surface area contributed by atoms with Crippen molar-refractivity contribution < 1.29 is 4.52 Å². The molecule has 0 bridgehead atoms. The summed E-state index contributed by atoms with van der Waals surface area (Å²) in [6.45, 7) is 7.84. The van der Waals surface area contributed by atoms with Crippen molar-refractivity contribution >= 4 is 12.4 Å². The van der Waals surface area contributed by atoms with Crippen molar-refractivity contribution in [1.29, 1.82) is 0 Å². The van der Waals surface area contributed by atoms with Crippen LogP contribution < -0.4 is 5.73 Å². The lowest BCUT2D eigenvalue weighted by molar-refractivity contribution is 0.238. The van der Waals surface area contributed by atoms with Gasteiger partial charge < -0.3 is 10.3 Å². The van der Waals surface area contributed by atoms with E-state index in [2.05, 4.69) is 41.0 Å². The summed E-state index contributed by atoms with van der Waals surface area (Å²) in [6, 6.07) is 8.30. The Bertz CT molecular complexity index is 645. The summed E-state index contributed by atoms with van der Waals surface area (Å²) in [5, 5.41) is 4.11. The van der Waals surface area contributed by atoms with Crippen LogP contribution in [0.2, 0.25) is 0 Å². The minimum Gasteiger partial charge on any atom is -0.338 e. The Morgan fingerprint density at radius 2 is 2.13 bits per heavy atom. The molecule has 3 rings (SSSR count). The summed E-state index contributed by atoms with van der Waals surface area (Å²) in [5.74, 6) is 1.45. The molecule has 1 aromatic carbocycles. The van der Waals surface area contributed by atoms with E-state index in [4.69, 9.17) is 10.3 Å². The van der Waals surface area contributed by atoms with Crippen LogP contribution in [0, 0.1) is 12.3 Å². The van der Waals surface area contributed by atoms with Crippen molar-refractivity contribution in [3.05, 3.63) is 47.1 Å². The Hall–Kier alpha value is -1.43. The third-order valence-corrected chi connectivity index (χ3v) is 4.61. The highest BCUT2D eigenvalue weighted by Crippen LogP contribution is 2.29. The molecule has 1 fully saturated rings. The van der Waals surface area contributed by atoms with E-state index in [9.17, 15) is 0 Å². The van der Waals surface area contributed by atoms with Gasteiger partial charge in [-0.05, 0) is 43.0 Å². The quantitative estimate of drug-likeness (QED) is 0.908. The average Bonchev–Trinajstić information content (AvgIpc) is 3.10. The van der Waals surface area contributed by atoms with Crippen molar-refractivity contribution in [2.24, 2.45) is 11.1 Å². The highest BCUT2D eigenvalue weighted by molar-refractivity contribution is 5.85. The SMILES string of the molecule is Cc1ccccc1Cc1noc(CN2CCC(C)(CN)C2)n1.Cl. The molecule has 1 unspecified atom stereocenters. The molecule has 0 amide bonds. The summed E-state index contributed by atoms with van der Waals surface area (Å²) in [4.78, 5) is 6.88. The lowest BCUT2D eigenvalue weighted by Crippen LogP contribution is -2.31. The maximum absolute atomic E-state index is 5.85. The molecule has 1 atom stereocenters. The van der Waals surface area contributed by atoms with E-state index in [0.29, 0.717) is 5.89 Å². The van der Waals surface area contributed by atoms with Gasteiger partial charge in [0.05, 0.1) is 6.54 Å². The summed E-state index contributed by atoms with van der Waals surface area (Å²) in [6.07, 6.45) is 1.85. The van der Waals surface area contributed by atoms with Gasteiger partial charge in [0.25, 0.3) is 0 Å². The maximum atomic E-state index is 5.85. The lowest BCUT2D eigenvalue weighted by atomic mass is 9.90. The van der Waals surface area contributed by atoms with Crippen molar-refractivity contribution in [2.75, 3.05) is 19.6 Å². The first-order valence-corrected chi connectivity index (χ1v) is 7.86. The Morgan fingerprint density at radius 3 is 2.83 bits per heavy atom. The van der Waals surface area contributed by atoms with E-state index in [1.54, 1.807) is 0 Å². The van der Waals surface area contributed by atoms with E-state index in [1.165, 1.54) is 11.1 Å². The second-order valence-electron chi connectivity index (χ2n) is 6.68. The minimum absolute atomic E-state index is 0. The van der Waals surface area contributed by atoms with Gasteiger partial charge in [0, 0.05) is 13.0 Å². The van der Waals surface area contributed by atoms with Gasteiger partial charge in [-0.25, -0.2) is 0 Å². The van der Waals surface area contributed by atoms with Gasteiger partial charge in [0.1, 0.15) is 0 Å². The van der Waals surface area contributed by atoms with Crippen LogP contribution in [0.4, 0.5) is 0 Å². The van der Waals surface area contributed by atoms with Crippen LogP contribution in [0.25, 0.3) is 0 Å². The molecule has 1 aliphatic rings. The van der Waals surface area contributed by atoms with E-state index < -0.39 is 0 Å². The monoisotopic (exact) mass is 336 g/mol. The molecule has 0 spiro atoms. The van der Waals surface area contributed by atoms with E-state index in [0.717, 1.165) is 44.8 Å². The largest absolute Gasteiger partial charge is 0.338 e. The summed E-state index contributed by atoms with van der Waals surface area (Å²) < 4.78 is 5.41. The van der Waals surface area contributed by atoms with Crippen LogP contribution in [0.5, 0.6) is 0 Å². The van der Waals surface area contributed by atoms with Crippen molar-refractivity contribution in [3.63, 3.8) is 0 Å². The zero-order valence-corrected chi connectivity index (χ0v) is 14.6. The van der Waals surface area contributed by atoms with Gasteiger partial charge >= 0.3 is 0 Å². The number of likely N-dealkylation sites (tertiary alicyclic amines) is 1. The first-order valence-electron chi connectivity index (χ1n) is 7.86. The minimum atomic E-state index is 0. The number of benzene rings is 1. The van der Waals surface area contributed by atoms with E-state index in [1.807, 2.05) is 12.1 Å². The second kappa shape index (κ2) is 7.43. The molecule has 2 aromatic rings. The van der Waals surface area contributed by atoms with Crippen LogP contribution in [0.3, 0.4) is 0 Å². The lowest BCUT2D eigenvalue weighted by Gasteiger charge is -2.21. The molecule has 0 aliphatic carbocycles. The van der Waals surface area contributed by atoms with Gasteiger partial charge in [0.2, 0.25) is 5.89 Å². The van der Waals surface area contributed by atoms with E-state index >= 15 is 0 Å². The zero-order chi connectivity index (χ0) is 15.6. The van der Waals surface area contributed by atoms with Gasteiger partial charge in [-0.15, -0.1) is 12.4 Å². The molecule has 23 heavy (non-hydrogen) atoms. The van der Waals surface area contributed by atoms with Gasteiger partial charge in [-0.2, -0.15) is 4.98 Å². The van der Waals surface area contributed by atoms with Crippen LogP contribution >= 0.6 is 12.4 Å². The summed E-state index contributed by atoms with van der Waals surface area (Å²) >= 11 is 0. The molecule has 1 aromatic heterocycles. The second-order valence-corrected chi connectivity index (χ2v) is 6.68. The van der Waals surface area contributed by atoms with Crippen LogP contribution in [0.15, 0.2) is 28.8 Å². The Morgan fingerprint density at radius 1 is 1.35 bits per heavy atom. The molecule has 6 heteroatoms. The zero-order valence-electron chi connectivity index (χ0n) is 13.8. The predicted molar refractivity (Wildman–Crippen MR) is 92.6 cm³/mol. The smallest absolute Gasteiger partial charge is 0.240 e. The number of rotatable bonds is 5. The number of hydrogen-bond donors (Lipinski definition) is 1. The molecular weight excluding hydrogens is 312 g/mol. The molecule has 0 radical (unpaired) electrons. The number of halogens is 1. The Kier molecular flexibility index (Phi) is 5.79. The molecule has 5 nitrogen and oxygen atoms in total. The number of nitrogens with two attached hydrogens (primary N) is 1. The van der Waals surface area contributed by atoms with Gasteiger partial charge in [0.15, 0.2) is 5.82 Å². The highest BCUT2D eigenvalue weighted by atomic mass is 35.5. The van der Waals surface area contributed by atoms with Crippen molar-refractivity contribution in [3.8, 4) is 0 Å². The number of nitrogens with zero attached hydrogens (tertiary/aromatic N) is 3. The normalized spacial score (nSPS) is 21.3. The fourth-order valence-electron chi connectivity index (χ4n) is 3.02. The third-order valence-electron chi connectivity index (χ3n) is 4.61.